The summed E-state index contributed by atoms with van der Waals surface area (Å²) in [5.41, 5.74) is -1.67. The van der Waals surface area contributed by atoms with Crippen LogP contribution in [0.15, 0.2) is 24.5 Å². The highest BCUT2D eigenvalue weighted by Gasteiger charge is 2.43. The molecule has 2 aliphatic rings. The van der Waals surface area contributed by atoms with Crippen molar-refractivity contribution in [3.8, 4) is 5.82 Å². The zero-order chi connectivity index (χ0) is 22.2. The van der Waals surface area contributed by atoms with Gasteiger partial charge >= 0.3 is 6.18 Å². The van der Waals surface area contributed by atoms with Gasteiger partial charge in [-0.3, -0.25) is 9.69 Å². The smallest absolute Gasteiger partial charge is 0.381 e. The molecule has 11 heteroatoms. The third-order valence-electron chi connectivity index (χ3n) is 5.83. The number of rotatable bonds is 3. The Labute approximate surface area is 182 Å². The van der Waals surface area contributed by atoms with Gasteiger partial charge in [0.1, 0.15) is 0 Å². The van der Waals surface area contributed by atoms with Crippen LogP contribution in [0.25, 0.3) is 5.82 Å². The maximum Gasteiger partial charge on any atom is 0.434 e. The molecule has 168 valence electrons. The molecule has 0 N–H and O–H groups in total. The van der Waals surface area contributed by atoms with E-state index in [0.717, 1.165) is 19.0 Å². The van der Waals surface area contributed by atoms with Gasteiger partial charge in [0.25, 0.3) is 5.91 Å². The first-order valence-corrected chi connectivity index (χ1v) is 10.5. The van der Waals surface area contributed by atoms with Crippen LogP contribution in [0.4, 0.5) is 13.2 Å². The number of ether oxygens (including phenoxy) is 1. The summed E-state index contributed by atoms with van der Waals surface area (Å²) in [6.07, 6.45) is -0.682. The van der Waals surface area contributed by atoms with Crippen LogP contribution < -0.4 is 0 Å². The van der Waals surface area contributed by atoms with Crippen molar-refractivity contribution in [1.29, 1.82) is 0 Å². The highest BCUT2D eigenvalue weighted by Crippen LogP contribution is 2.35. The Morgan fingerprint density at radius 1 is 1.26 bits per heavy atom. The third-order valence-corrected chi connectivity index (χ3v) is 6.13. The van der Waals surface area contributed by atoms with Crippen molar-refractivity contribution in [2.24, 2.45) is 0 Å². The van der Waals surface area contributed by atoms with E-state index >= 15 is 0 Å². The van der Waals surface area contributed by atoms with Crippen molar-refractivity contribution in [2.75, 3.05) is 32.8 Å². The van der Waals surface area contributed by atoms with E-state index < -0.39 is 23.3 Å². The monoisotopic (exact) mass is 457 g/mol. The summed E-state index contributed by atoms with van der Waals surface area (Å²) in [7, 11) is 0. The number of carbonyl (C=O) groups is 1. The zero-order valence-corrected chi connectivity index (χ0v) is 17.7. The minimum Gasteiger partial charge on any atom is -0.381 e. The first-order valence-electron chi connectivity index (χ1n) is 10.2. The number of pyridine rings is 1. The second-order valence-electron chi connectivity index (χ2n) is 7.81. The maximum absolute atomic E-state index is 14.0. The molecule has 2 aliphatic heterocycles. The Kier molecular flexibility index (Phi) is 6.23. The molecule has 1 atom stereocenters. The molecule has 1 amide bonds. The van der Waals surface area contributed by atoms with Crippen molar-refractivity contribution in [1.82, 2.24) is 24.6 Å². The molecule has 0 bridgehead atoms. The standard InChI is InChI=1S/C20H23ClF3N5O2/c1-13-12-27(14-4-9-31-10-5-14)7-8-28(13)19(30)15-11-26-29(17(15)20(22,23)24)18-16(21)3-2-6-25-18/h2-3,6,11,13-14H,4-5,7-10,12H2,1H3/t13-/m1/s1. The number of carbonyl (C=O) groups excluding carboxylic acids is 1. The summed E-state index contributed by atoms with van der Waals surface area (Å²) in [5.74, 6) is -0.863. The topological polar surface area (TPSA) is 63.5 Å². The molecule has 7 nitrogen and oxygen atoms in total. The summed E-state index contributed by atoms with van der Waals surface area (Å²) in [4.78, 5) is 20.9. The van der Waals surface area contributed by atoms with Gasteiger partial charge in [-0.05, 0) is 31.9 Å². The number of aromatic nitrogens is 3. The highest BCUT2D eigenvalue weighted by molar-refractivity contribution is 6.32. The fourth-order valence-corrected chi connectivity index (χ4v) is 4.50. The minimum atomic E-state index is -4.81. The van der Waals surface area contributed by atoms with Crippen LogP contribution in [0.3, 0.4) is 0 Å². The molecule has 2 aromatic heterocycles. The average molecular weight is 458 g/mol. The van der Waals surface area contributed by atoms with Crippen LogP contribution in [0, 0.1) is 0 Å². The molecular weight excluding hydrogens is 435 g/mol. The molecule has 2 aromatic rings. The molecule has 0 unspecified atom stereocenters. The lowest BCUT2D eigenvalue weighted by Gasteiger charge is -2.44. The Bertz CT molecular complexity index is 945. The van der Waals surface area contributed by atoms with Gasteiger partial charge in [-0.25, -0.2) is 9.67 Å². The molecule has 0 aromatic carbocycles. The van der Waals surface area contributed by atoms with Crippen molar-refractivity contribution < 1.29 is 22.7 Å². The van der Waals surface area contributed by atoms with E-state index in [1.165, 1.54) is 23.2 Å². The van der Waals surface area contributed by atoms with Crippen LogP contribution in [-0.2, 0) is 10.9 Å². The number of alkyl halides is 3. The molecule has 0 radical (unpaired) electrons. The van der Waals surface area contributed by atoms with Gasteiger partial charge < -0.3 is 9.64 Å². The molecule has 4 rings (SSSR count). The number of halogens is 4. The number of hydrogen-bond donors (Lipinski definition) is 0. The van der Waals surface area contributed by atoms with Gasteiger partial charge in [0.2, 0.25) is 0 Å². The molecule has 0 spiro atoms. The Morgan fingerprint density at radius 3 is 2.65 bits per heavy atom. The summed E-state index contributed by atoms with van der Waals surface area (Å²) in [6.45, 7) is 4.85. The SMILES string of the molecule is C[C@@H]1CN(C2CCOCC2)CCN1C(=O)c1cnn(-c2ncccc2Cl)c1C(F)(F)F. The van der Waals surface area contributed by atoms with E-state index in [4.69, 9.17) is 16.3 Å². The summed E-state index contributed by atoms with van der Waals surface area (Å²) < 4.78 is 47.9. The van der Waals surface area contributed by atoms with Crippen LogP contribution >= 0.6 is 11.6 Å². The Morgan fingerprint density at radius 2 is 2.00 bits per heavy atom. The lowest BCUT2D eigenvalue weighted by Crippen LogP contribution is -2.57. The highest BCUT2D eigenvalue weighted by atomic mass is 35.5. The van der Waals surface area contributed by atoms with Gasteiger partial charge in [-0.15, -0.1) is 0 Å². The van der Waals surface area contributed by atoms with Gasteiger partial charge in [0, 0.05) is 51.1 Å². The van der Waals surface area contributed by atoms with Gasteiger partial charge in [-0.2, -0.15) is 18.3 Å². The van der Waals surface area contributed by atoms with Crippen molar-refractivity contribution in [3.63, 3.8) is 0 Å². The molecule has 31 heavy (non-hydrogen) atoms. The van der Waals surface area contributed by atoms with E-state index in [9.17, 15) is 18.0 Å². The molecule has 0 saturated carbocycles. The normalized spacial score (nSPS) is 21.5. The maximum atomic E-state index is 14.0. The quantitative estimate of drug-likeness (QED) is 0.708. The molecule has 2 saturated heterocycles. The number of amides is 1. The fourth-order valence-electron chi connectivity index (χ4n) is 4.30. The first kappa shape index (κ1) is 22.0. The minimum absolute atomic E-state index is 0.00791. The predicted octanol–water partition coefficient (Wildman–Crippen LogP) is 3.26. The Balaban J connectivity index is 1.60. The van der Waals surface area contributed by atoms with Crippen LogP contribution in [0.1, 0.15) is 35.8 Å². The van der Waals surface area contributed by atoms with Crippen molar-refractivity contribution >= 4 is 17.5 Å². The molecular formula is C20H23ClF3N5O2. The first-order chi connectivity index (χ1) is 14.8. The lowest BCUT2D eigenvalue weighted by molar-refractivity contribution is -0.143. The summed E-state index contributed by atoms with van der Waals surface area (Å²) in [6, 6.07) is 3.08. The average Bonchev–Trinajstić information content (AvgIpc) is 3.20. The van der Waals surface area contributed by atoms with E-state index in [1.54, 1.807) is 0 Å². The fraction of sp³-hybridized carbons (Fsp3) is 0.550. The predicted molar refractivity (Wildman–Crippen MR) is 107 cm³/mol. The van der Waals surface area contributed by atoms with Crippen LogP contribution in [-0.4, -0.2) is 75.4 Å². The number of hydrogen-bond acceptors (Lipinski definition) is 5. The lowest BCUT2D eigenvalue weighted by atomic mass is 10.0. The molecule has 0 aliphatic carbocycles. The second-order valence-corrected chi connectivity index (χ2v) is 8.22. The molecule has 2 fully saturated rings. The van der Waals surface area contributed by atoms with Gasteiger partial charge in [-0.1, -0.05) is 11.6 Å². The van der Waals surface area contributed by atoms with Gasteiger partial charge in [0.05, 0.1) is 16.8 Å². The Hall–Kier alpha value is -2.17. The van der Waals surface area contributed by atoms with E-state index in [0.29, 0.717) is 43.6 Å². The summed E-state index contributed by atoms with van der Waals surface area (Å²) >= 11 is 6.03. The largest absolute Gasteiger partial charge is 0.434 e. The van der Waals surface area contributed by atoms with Crippen LogP contribution in [0.5, 0.6) is 0 Å². The van der Waals surface area contributed by atoms with Gasteiger partial charge in [0.15, 0.2) is 11.5 Å². The van der Waals surface area contributed by atoms with Crippen LogP contribution in [0.2, 0.25) is 5.02 Å². The number of nitrogens with zero attached hydrogens (tertiary/aromatic N) is 5. The number of piperazine rings is 1. The van der Waals surface area contributed by atoms with E-state index in [2.05, 4.69) is 15.0 Å². The molecule has 4 heterocycles. The summed E-state index contributed by atoms with van der Waals surface area (Å²) in [5, 5.41) is 3.83. The van der Waals surface area contributed by atoms with Crippen molar-refractivity contribution in [2.45, 2.75) is 38.0 Å². The second kappa shape index (κ2) is 8.76. The third kappa shape index (κ3) is 4.42. The van der Waals surface area contributed by atoms with E-state index in [1.807, 2.05) is 6.92 Å². The van der Waals surface area contributed by atoms with Crippen molar-refractivity contribution in [3.05, 3.63) is 40.8 Å². The zero-order valence-electron chi connectivity index (χ0n) is 17.0. The van der Waals surface area contributed by atoms with E-state index in [-0.39, 0.29) is 16.9 Å².